The normalized spacial score (nSPS) is 23.7. The summed E-state index contributed by atoms with van der Waals surface area (Å²) in [7, 11) is 0. The van der Waals surface area contributed by atoms with E-state index >= 15 is 0 Å². The van der Waals surface area contributed by atoms with Crippen molar-refractivity contribution in [1.82, 2.24) is 4.90 Å². The van der Waals surface area contributed by atoms with Gasteiger partial charge in [-0.05, 0) is 54.6 Å². The van der Waals surface area contributed by atoms with E-state index in [-0.39, 0.29) is 12.6 Å². The van der Waals surface area contributed by atoms with Crippen molar-refractivity contribution in [2.45, 2.75) is 38.4 Å². The van der Waals surface area contributed by atoms with Gasteiger partial charge in [0.15, 0.2) is 0 Å². The highest BCUT2D eigenvalue weighted by molar-refractivity contribution is 9.11. The van der Waals surface area contributed by atoms with Gasteiger partial charge in [-0.3, -0.25) is 0 Å². The van der Waals surface area contributed by atoms with E-state index in [9.17, 15) is 9.90 Å². The molecule has 6 heteroatoms. The highest BCUT2D eigenvalue weighted by Gasteiger charge is 2.42. The topological polar surface area (TPSA) is 49.8 Å². The van der Waals surface area contributed by atoms with E-state index in [1.54, 1.807) is 4.90 Å². The van der Waals surface area contributed by atoms with E-state index in [0.717, 1.165) is 9.35 Å². The number of halogens is 1. The van der Waals surface area contributed by atoms with Crippen molar-refractivity contribution in [2.24, 2.45) is 0 Å². The van der Waals surface area contributed by atoms with E-state index in [4.69, 9.17) is 4.74 Å². The summed E-state index contributed by atoms with van der Waals surface area (Å²) in [5.74, 6) is 0. The molecule has 19 heavy (non-hydrogen) atoms. The zero-order valence-electron chi connectivity index (χ0n) is 11.3. The molecular formula is C13H18BrNO3S. The van der Waals surface area contributed by atoms with Crippen LogP contribution in [0.25, 0.3) is 0 Å². The molecule has 2 heterocycles. The lowest BCUT2D eigenvalue weighted by molar-refractivity contribution is 0.0139. The van der Waals surface area contributed by atoms with Gasteiger partial charge >= 0.3 is 6.09 Å². The third-order valence-electron chi connectivity index (χ3n) is 3.02. The van der Waals surface area contributed by atoms with Crippen molar-refractivity contribution < 1.29 is 14.6 Å². The van der Waals surface area contributed by atoms with Crippen LogP contribution in [-0.2, 0) is 10.3 Å². The molecule has 106 valence electrons. The molecule has 1 saturated heterocycles. The molecule has 0 bridgehead atoms. The Labute approximate surface area is 125 Å². The van der Waals surface area contributed by atoms with E-state index in [1.807, 2.05) is 32.2 Å². The van der Waals surface area contributed by atoms with Gasteiger partial charge in [-0.15, -0.1) is 11.3 Å². The van der Waals surface area contributed by atoms with Gasteiger partial charge in [0, 0.05) is 12.1 Å². The maximum absolute atomic E-state index is 12.0. The van der Waals surface area contributed by atoms with Crippen molar-refractivity contribution in [3.63, 3.8) is 0 Å². The minimum atomic E-state index is -0.976. The number of nitrogens with zero attached hydrogens (tertiary/aromatic N) is 1. The highest BCUT2D eigenvalue weighted by Crippen LogP contribution is 2.39. The van der Waals surface area contributed by atoms with Crippen molar-refractivity contribution >= 4 is 33.4 Å². The van der Waals surface area contributed by atoms with Crippen LogP contribution >= 0.6 is 27.3 Å². The van der Waals surface area contributed by atoms with Crippen LogP contribution in [0.3, 0.4) is 0 Å². The molecule has 1 unspecified atom stereocenters. The average molecular weight is 348 g/mol. The molecule has 4 nitrogen and oxygen atoms in total. The predicted molar refractivity (Wildman–Crippen MR) is 78.3 cm³/mol. The Morgan fingerprint density at radius 2 is 2.26 bits per heavy atom. The first-order valence-electron chi connectivity index (χ1n) is 6.15. The van der Waals surface area contributed by atoms with Crippen LogP contribution in [0.15, 0.2) is 15.2 Å². The van der Waals surface area contributed by atoms with Crippen LogP contribution in [0.1, 0.15) is 32.8 Å². The summed E-state index contributed by atoms with van der Waals surface area (Å²) >= 11 is 4.97. The van der Waals surface area contributed by atoms with Gasteiger partial charge in [-0.25, -0.2) is 4.79 Å². The number of rotatable bonds is 1. The van der Waals surface area contributed by atoms with Gasteiger partial charge in [0.2, 0.25) is 0 Å². The molecule has 1 aliphatic heterocycles. The van der Waals surface area contributed by atoms with E-state index in [0.29, 0.717) is 13.0 Å². The second-order valence-corrected chi connectivity index (χ2v) is 8.03. The summed E-state index contributed by atoms with van der Waals surface area (Å²) in [6, 6.07) is 1.90. The molecule has 1 fully saturated rings. The Morgan fingerprint density at radius 3 is 2.79 bits per heavy atom. The van der Waals surface area contributed by atoms with Gasteiger partial charge < -0.3 is 14.7 Å². The van der Waals surface area contributed by atoms with Crippen molar-refractivity contribution in [2.75, 3.05) is 13.1 Å². The van der Waals surface area contributed by atoms with Crippen LogP contribution in [0, 0.1) is 0 Å². The number of carbonyl (C=O) groups excluding carboxylic acids is 1. The maximum atomic E-state index is 12.0. The average Bonchev–Trinajstić information content (AvgIpc) is 2.83. The number of hydrogen-bond donors (Lipinski definition) is 1. The molecule has 1 N–H and O–H groups in total. The second kappa shape index (κ2) is 5.07. The number of hydrogen-bond acceptors (Lipinski definition) is 4. The highest BCUT2D eigenvalue weighted by atomic mass is 79.9. The maximum Gasteiger partial charge on any atom is 0.410 e. The lowest BCUT2D eigenvalue weighted by atomic mass is 9.96. The molecule has 1 amide bonds. The molecule has 0 saturated carbocycles. The van der Waals surface area contributed by atoms with Crippen molar-refractivity contribution in [3.05, 3.63) is 20.8 Å². The first-order valence-corrected chi connectivity index (χ1v) is 7.82. The summed E-state index contributed by atoms with van der Waals surface area (Å²) in [6.07, 6.45) is 0.163. The minimum absolute atomic E-state index is 0.275. The van der Waals surface area contributed by atoms with Crippen LogP contribution in [0.5, 0.6) is 0 Å². The van der Waals surface area contributed by atoms with Crippen LogP contribution < -0.4 is 0 Å². The predicted octanol–water partition coefficient (Wildman–Crippen LogP) is 3.34. The lowest BCUT2D eigenvalue weighted by Gasteiger charge is -2.26. The van der Waals surface area contributed by atoms with E-state index in [2.05, 4.69) is 15.9 Å². The fourth-order valence-corrected chi connectivity index (χ4v) is 3.66. The third-order valence-corrected chi connectivity index (χ3v) is 4.71. The Bertz CT molecular complexity index is 482. The molecular weight excluding hydrogens is 330 g/mol. The number of β-amino-alcohol motifs (C(OH)–C–C–N with tert-alkyl or cyclic N) is 1. The largest absolute Gasteiger partial charge is 0.444 e. The van der Waals surface area contributed by atoms with Crippen molar-refractivity contribution in [1.29, 1.82) is 0 Å². The van der Waals surface area contributed by atoms with Crippen molar-refractivity contribution in [3.8, 4) is 0 Å². The number of likely N-dealkylation sites (tertiary alicyclic amines) is 1. The number of amides is 1. The molecule has 0 spiro atoms. The SMILES string of the molecule is CC(C)(C)OC(=O)N1CCC(O)(c2ccsc2Br)C1. The number of ether oxygens (including phenoxy) is 1. The fourth-order valence-electron chi connectivity index (χ4n) is 2.12. The minimum Gasteiger partial charge on any atom is -0.444 e. The standard InChI is InChI=1S/C13H18BrNO3S/c1-12(2,3)18-11(16)15-6-5-13(17,8-15)9-4-7-19-10(9)14/h4,7,17H,5-6,8H2,1-3H3. The molecule has 0 radical (unpaired) electrons. The molecule has 1 aliphatic rings. The second-order valence-electron chi connectivity index (χ2n) is 5.79. The summed E-state index contributed by atoms with van der Waals surface area (Å²) in [5, 5.41) is 12.6. The zero-order chi connectivity index (χ0) is 14.3. The Kier molecular flexibility index (Phi) is 3.95. The van der Waals surface area contributed by atoms with Gasteiger partial charge in [-0.1, -0.05) is 0 Å². The summed E-state index contributed by atoms with van der Waals surface area (Å²) in [6.45, 7) is 6.29. The first-order chi connectivity index (χ1) is 8.71. The zero-order valence-corrected chi connectivity index (χ0v) is 13.7. The molecule has 1 aromatic rings. The molecule has 2 rings (SSSR count). The van der Waals surface area contributed by atoms with Crippen LogP contribution in [-0.4, -0.2) is 34.8 Å². The van der Waals surface area contributed by atoms with Gasteiger partial charge in [-0.2, -0.15) is 0 Å². The smallest absolute Gasteiger partial charge is 0.410 e. The Hall–Kier alpha value is -0.590. The Morgan fingerprint density at radius 1 is 1.58 bits per heavy atom. The molecule has 0 aromatic carbocycles. The molecule has 0 aliphatic carbocycles. The van der Waals surface area contributed by atoms with Gasteiger partial charge in [0.1, 0.15) is 11.2 Å². The van der Waals surface area contributed by atoms with Gasteiger partial charge in [0.25, 0.3) is 0 Å². The first kappa shape index (κ1) is 14.8. The van der Waals surface area contributed by atoms with Gasteiger partial charge in [0.05, 0.1) is 10.3 Å². The summed E-state index contributed by atoms with van der Waals surface area (Å²) < 4.78 is 6.25. The molecule has 1 aromatic heterocycles. The molecule has 1 atom stereocenters. The van der Waals surface area contributed by atoms with Crippen LogP contribution in [0.4, 0.5) is 4.79 Å². The van der Waals surface area contributed by atoms with E-state index in [1.165, 1.54) is 11.3 Å². The fraction of sp³-hybridized carbons (Fsp3) is 0.615. The number of thiophene rings is 1. The third kappa shape index (κ3) is 3.30. The lowest BCUT2D eigenvalue weighted by Crippen LogP contribution is -2.38. The van der Waals surface area contributed by atoms with E-state index < -0.39 is 11.2 Å². The summed E-state index contributed by atoms with van der Waals surface area (Å²) in [4.78, 5) is 13.6. The number of carbonyl (C=O) groups is 1. The Balaban J connectivity index is 2.08. The number of aliphatic hydroxyl groups is 1. The summed E-state index contributed by atoms with van der Waals surface area (Å²) in [5.41, 5.74) is -0.639. The quantitative estimate of drug-likeness (QED) is 0.847. The monoisotopic (exact) mass is 347 g/mol. The van der Waals surface area contributed by atoms with Crippen LogP contribution in [0.2, 0.25) is 0 Å².